The summed E-state index contributed by atoms with van der Waals surface area (Å²) < 4.78 is 1.98. The summed E-state index contributed by atoms with van der Waals surface area (Å²) in [6.45, 7) is 7.88. The first kappa shape index (κ1) is 22.3. The van der Waals surface area contributed by atoms with Gasteiger partial charge in [0.05, 0.1) is 12.3 Å². The second-order valence-corrected chi connectivity index (χ2v) is 7.98. The second kappa shape index (κ2) is 10.5. The molecule has 0 bridgehead atoms. The summed E-state index contributed by atoms with van der Waals surface area (Å²) >= 11 is 1.34. The zero-order valence-electron chi connectivity index (χ0n) is 17.2. The van der Waals surface area contributed by atoms with Gasteiger partial charge in [-0.1, -0.05) is 38.0 Å². The summed E-state index contributed by atoms with van der Waals surface area (Å²) in [5.74, 6) is 3.78. The molecule has 2 rings (SSSR count). The van der Waals surface area contributed by atoms with Crippen LogP contribution in [-0.2, 0) is 22.7 Å². The van der Waals surface area contributed by atoms with Gasteiger partial charge in [0.15, 0.2) is 11.0 Å². The fourth-order valence-corrected chi connectivity index (χ4v) is 4.16. The van der Waals surface area contributed by atoms with Crippen LogP contribution in [0.1, 0.15) is 65.1 Å². The van der Waals surface area contributed by atoms with Crippen LogP contribution in [0.5, 0.6) is 0 Å². The first-order valence-corrected chi connectivity index (χ1v) is 11.1. The molecule has 0 radical (unpaired) electrons. The van der Waals surface area contributed by atoms with E-state index in [4.69, 9.17) is 6.42 Å². The summed E-state index contributed by atoms with van der Waals surface area (Å²) in [5.41, 5.74) is -0.589. The average molecular weight is 406 g/mol. The third-order valence-corrected chi connectivity index (χ3v) is 6.27. The highest BCUT2D eigenvalue weighted by Crippen LogP contribution is 2.20. The summed E-state index contributed by atoms with van der Waals surface area (Å²) in [5, 5.41) is 12.2. The van der Waals surface area contributed by atoms with E-state index in [1.165, 1.54) is 11.8 Å². The van der Waals surface area contributed by atoms with E-state index in [9.17, 15) is 9.59 Å². The Balaban J connectivity index is 2.00. The lowest BCUT2D eigenvalue weighted by atomic mass is 9.94. The minimum absolute atomic E-state index is 0.110. The number of nitrogens with one attached hydrogen (secondary N) is 1. The van der Waals surface area contributed by atoms with Crippen molar-refractivity contribution >= 4 is 23.6 Å². The number of nitrogens with zero attached hydrogens (tertiary/aromatic N) is 4. The van der Waals surface area contributed by atoms with Crippen molar-refractivity contribution in [1.82, 2.24) is 25.0 Å². The Morgan fingerprint density at radius 2 is 2.00 bits per heavy atom. The second-order valence-electron chi connectivity index (χ2n) is 7.04. The van der Waals surface area contributed by atoms with Crippen molar-refractivity contribution in [3.8, 4) is 12.3 Å². The average Bonchev–Trinajstić information content (AvgIpc) is 2.98. The van der Waals surface area contributed by atoms with Gasteiger partial charge in [0, 0.05) is 19.5 Å². The maximum absolute atomic E-state index is 12.4. The summed E-state index contributed by atoms with van der Waals surface area (Å²) in [6, 6.07) is 0. The normalized spacial score (nSPS) is 15.2. The smallest absolute Gasteiger partial charge is 0.231 e. The topological polar surface area (TPSA) is 80.1 Å². The number of likely N-dealkylation sites (tertiary alicyclic amines) is 1. The van der Waals surface area contributed by atoms with E-state index in [0.29, 0.717) is 37.5 Å². The lowest BCUT2D eigenvalue weighted by molar-refractivity contribution is -0.131. The van der Waals surface area contributed by atoms with Crippen LogP contribution in [0, 0.1) is 12.3 Å². The minimum atomic E-state index is -0.589. The van der Waals surface area contributed by atoms with Crippen molar-refractivity contribution < 1.29 is 9.59 Å². The van der Waals surface area contributed by atoms with E-state index in [1.807, 2.05) is 30.2 Å². The van der Waals surface area contributed by atoms with E-state index >= 15 is 0 Å². The molecular weight excluding hydrogens is 374 g/mol. The number of thioether (sulfide) groups is 1. The largest absolute Gasteiger partial charge is 0.339 e. The van der Waals surface area contributed by atoms with Crippen molar-refractivity contribution in [1.29, 1.82) is 0 Å². The molecule has 0 aliphatic carbocycles. The van der Waals surface area contributed by atoms with Crippen molar-refractivity contribution in [2.24, 2.45) is 0 Å². The van der Waals surface area contributed by atoms with Gasteiger partial charge in [0.2, 0.25) is 11.8 Å². The van der Waals surface area contributed by atoms with E-state index in [0.717, 1.165) is 31.6 Å². The number of carbonyl (C=O) groups excluding carboxylic acids is 2. The SMILES string of the molecule is C#CC(CC)(CC)NC(=O)CSc1nnc(CN2CCCCCC2=O)n1CC. The number of hydrogen-bond acceptors (Lipinski definition) is 5. The molecule has 1 aliphatic rings. The number of amides is 2. The molecule has 1 aromatic heterocycles. The number of aromatic nitrogens is 3. The first-order valence-electron chi connectivity index (χ1n) is 10.1. The summed E-state index contributed by atoms with van der Waals surface area (Å²) in [4.78, 5) is 26.5. The van der Waals surface area contributed by atoms with E-state index in [2.05, 4.69) is 21.4 Å². The first-order chi connectivity index (χ1) is 13.5. The summed E-state index contributed by atoms with van der Waals surface area (Å²) in [6.07, 6.45) is 10.7. The van der Waals surface area contributed by atoms with Crippen LogP contribution in [0.15, 0.2) is 5.16 Å². The van der Waals surface area contributed by atoms with Crippen LogP contribution in [0.4, 0.5) is 0 Å². The van der Waals surface area contributed by atoms with Gasteiger partial charge in [-0.3, -0.25) is 9.59 Å². The highest BCUT2D eigenvalue weighted by Gasteiger charge is 2.26. The third kappa shape index (κ3) is 5.51. The molecule has 2 heterocycles. The van der Waals surface area contributed by atoms with Gasteiger partial charge in [-0.05, 0) is 32.6 Å². The Kier molecular flexibility index (Phi) is 8.36. The Labute approximate surface area is 172 Å². The molecule has 0 saturated carbocycles. The quantitative estimate of drug-likeness (QED) is 0.505. The van der Waals surface area contributed by atoms with Gasteiger partial charge in [-0.15, -0.1) is 16.6 Å². The fraction of sp³-hybridized carbons (Fsp3) is 0.700. The predicted octanol–water partition coefficient (Wildman–Crippen LogP) is 2.60. The molecule has 7 nitrogen and oxygen atoms in total. The van der Waals surface area contributed by atoms with Crippen molar-refractivity contribution in [2.75, 3.05) is 12.3 Å². The van der Waals surface area contributed by atoms with Crippen LogP contribution in [0.25, 0.3) is 0 Å². The summed E-state index contributed by atoms with van der Waals surface area (Å²) in [7, 11) is 0. The fourth-order valence-electron chi connectivity index (χ4n) is 3.34. The zero-order chi connectivity index (χ0) is 20.6. The van der Waals surface area contributed by atoms with Gasteiger partial charge in [-0.25, -0.2) is 0 Å². The molecule has 28 heavy (non-hydrogen) atoms. The molecule has 0 spiro atoms. The number of hydrogen-bond donors (Lipinski definition) is 1. The predicted molar refractivity (Wildman–Crippen MR) is 111 cm³/mol. The Bertz CT molecular complexity index is 721. The van der Waals surface area contributed by atoms with Crippen molar-refractivity contribution in [2.45, 2.75) is 83.1 Å². The lowest BCUT2D eigenvalue weighted by Crippen LogP contribution is -2.47. The molecule has 0 aromatic carbocycles. The monoisotopic (exact) mass is 405 g/mol. The Hall–Kier alpha value is -2.01. The highest BCUT2D eigenvalue weighted by molar-refractivity contribution is 7.99. The van der Waals surface area contributed by atoms with Gasteiger partial charge >= 0.3 is 0 Å². The zero-order valence-corrected chi connectivity index (χ0v) is 18.0. The molecular formula is C20H31N5O2S. The van der Waals surface area contributed by atoms with Gasteiger partial charge in [0.1, 0.15) is 5.54 Å². The number of carbonyl (C=O) groups is 2. The van der Waals surface area contributed by atoms with Crippen LogP contribution in [-0.4, -0.2) is 49.3 Å². The van der Waals surface area contributed by atoms with Gasteiger partial charge in [-0.2, -0.15) is 0 Å². The standard InChI is InChI=1S/C20H31N5O2S/c1-5-20(6-2,7-3)21-17(26)15-28-19-23-22-16(25(19)8-4)14-24-13-11-9-10-12-18(24)27/h1H,6-15H2,2-4H3,(H,21,26). The van der Waals surface area contributed by atoms with Gasteiger partial charge < -0.3 is 14.8 Å². The van der Waals surface area contributed by atoms with Gasteiger partial charge in [0.25, 0.3) is 0 Å². The van der Waals surface area contributed by atoms with Crippen LogP contribution < -0.4 is 5.32 Å². The molecule has 0 unspecified atom stereocenters. The Morgan fingerprint density at radius 3 is 2.64 bits per heavy atom. The van der Waals surface area contributed by atoms with Crippen LogP contribution in [0.2, 0.25) is 0 Å². The maximum atomic E-state index is 12.4. The minimum Gasteiger partial charge on any atom is -0.339 e. The molecule has 1 N–H and O–H groups in total. The van der Waals surface area contributed by atoms with Crippen molar-refractivity contribution in [3.63, 3.8) is 0 Å². The molecule has 1 aromatic rings. The van der Waals surface area contributed by atoms with E-state index in [1.54, 1.807) is 0 Å². The molecule has 8 heteroatoms. The van der Waals surface area contributed by atoms with Crippen LogP contribution in [0.3, 0.4) is 0 Å². The Morgan fingerprint density at radius 1 is 1.25 bits per heavy atom. The molecule has 1 aliphatic heterocycles. The molecule has 1 fully saturated rings. The molecule has 0 atom stereocenters. The highest BCUT2D eigenvalue weighted by atomic mass is 32.2. The number of rotatable bonds is 9. The molecule has 154 valence electrons. The third-order valence-electron chi connectivity index (χ3n) is 5.31. The molecule has 2 amide bonds. The van der Waals surface area contributed by atoms with E-state index < -0.39 is 5.54 Å². The van der Waals surface area contributed by atoms with Crippen LogP contribution >= 0.6 is 11.8 Å². The molecule has 1 saturated heterocycles. The number of terminal acetylenes is 1. The lowest BCUT2D eigenvalue weighted by Gasteiger charge is -2.26. The van der Waals surface area contributed by atoms with E-state index in [-0.39, 0.29) is 17.6 Å². The van der Waals surface area contributed by atoms with Crippen molar-refractivity contribution in [3.05, 3.63) is 5.82 Å². The maximum Gasteiger partial charge on any atom is 0.231 e.